The van der Waals surface area contributed by atoms with E-state index in [0.29, 0.717) is 5.56 Å². The first-order valence-corrected chi connectivity index (χ1v) is 5.52. The van der Waals surface area contributed by atoms with Crippen molar-refractivity contribution >= 4 is 0 Å². The molecule has 1 aromatic carbocycles. The summed E-state index contributed by atoms with van der Waals surface area (Å²) in [6, 6.07) is 4.70. The minimum absolute atomic E-state index is 0.520. The zero-order valence-corrected chi connectivity index (χ0v) is 9.17. The van der Waals surface area contributed by atoms with Gasteiger partial charge in [0, 0.05) is 0 Å². The minimum Gasteiger partial charge on any atom is -0.384 e. The average Bonchev–Trinajstić information content (AvgIpc) is 2.80. The Morgan fingerprint density at radius 3 is 2.24 bits per heavy atom. The van der Waals surface area contributed by atoms with Crippen molar-refractivity contribution in [3.8, 4) is 0 Å². The van der Waals surface area contributed by atoms with Crippen LogP contribution in [0.15, 0.2) is 35.9 Å². The lowest BCUT2D eigenvalue weighted by atomic mass is 10.00. The SMILES string of the molecule is OC(C1=CCCC1)c1ccc(C(F)(F)F)cc1. The van der Waals surface area contributed by atoms with E-state index in [1.165, 1.54) is 12.1 Å². The third kappa shape index (κ3) is 2.69. The van der Waals surface area contributed by atoms with Crippen molar-refractivity contribution in [3.63, 3.8) is 0 Å². The number of aliphatic hydroxyl groups excluding tert-OH is 1. The van der Waals surface area contributed by atoms with Crippen LogP contribution in [0.2, 0.25) is 0 Å². The number of allylic oxidation sites excluding steroid dienone is 1. The molecule has 1 unspecified atom stereocenters. The number of rotatable bonds is 2. The van der Waals surface area contributed by atoms with Crippen LogP contribution in [0.25, 0.3) is 0 Å². The second-order valence-electron chi connectivity index (χ2n) is 4.19. The molecule has 0 radical (unpaired) electrons. The summed E-state index contributed by atoms with van der Waals surface area (Å²) < 4.78 is 37.0. The Bertz CT molecular complexity index is 417. The second kappa shape index (κ2) is 4.53. The van der Waals surface area contributed by atoms with Crippen LogP contribution in [0.1, 0.15) is 36.5 Å². The van der Waals surface area contributed by atoms with E-state index in [1.54, 1.807) is 0 Å². The summed E-state index contributed by atoms with van der Waals surface area (Å²) in [7, 11) is 0. The van der Waals surface area contributed by atoms with Crippen molar-refractivity contribution in [2.24, 2.45) is 0 Å². The van der Waals surface area contributed by atoms with E-state index in [1.807, 2.05) is 6.08 Å². The molecule has 0 saturated carbocycles. The predicted octanol–water partition coefficient (Wildman–Crippen LogP) is 3.85. The number of halogens is 3. The van der Waals surface area contributed by atoms with Crippen molar-refractivity contribution in [2.75, 3.05) is 0 Å². The van der Waals surface area contributed by atoms with Crippen LogP contribution < -0.4 is 0 Å². The molecule has 1 nitrogen and oxygen atoms in total. The van der Waals surface area contributed by atoms with E-state index in [0.717, 1.165) is 37.0 Å². The van der Waals surface area contributed by atoms with Crippen molar-refractivity contribution < 1.29 is 18.3 Å². The van der Waals surface area contributed by atoms with Gasteiger partial charge in [-0.2, -0.15) is 13.2 Å². The lowest BCUT2D eigenvalue weighted by molar-refractivity contribution is -0.137. The van der Waals surface area contributed by atoms with Gasteiger partial charge in [-0.25, -0.2) is 0 Å². The van der Waals surface area contributed by atoms with Gasteiger partial charge >= 0.3 is 6.18 Å². The van der Waals surface area contributed by atoms with Gasteiger partial charge in [-0.3, -0.25) is 0 Å². The first-order valence-electron chi connectivity index (χ1n) is 5.52. The summed E-state index contributed by atoms with van der Waals surface area (Å²) in [5.41, 5.74) is 0.741. The van der Waals surface area contributed by atoms with Crippen LogP contribution in [-0.4, -0.2) is 5.11 Å². The van der Waals surface area contributed by atoms with E-state index < -0.39 is 17.8 Å². The van der Waals surface area contributed by atoms with Gasteiger partial charge in [0.15, 0.2) is 0 Å². The molecule has 0 aliphatic heterocycles. The van der Waals surface area contributed by atoms with Crippen LogP contribution in [-0.2, 0) is 6.18 Å². The number of benzene rings is 1. The Balaban J connectivity index is 2.18. The van der Waals surface area contributed by atoms with Crippen LogP contribution in [0.4, 0.5) is 13.2 Å². The average molecular weight is 242 g/mol. The maximum atomic E-state index is 12.3. The molecule has 0 aromatic heterocycles. The lowest BCUT2D eigenvalue weighted by Crippen LogP contribution is -2.06. The minimum atomic E-state index is -4.32. The zero-order chi connectivity index (χ0) is 12.5. The van der Waals surface area contributed by atoms with Gasteiger partial charge in [-0.05, 0) is 42.5 Å². The van der Waals surface area contributed by atoms with Crippen molar-refractivity contribution in [2.45, 2.75) is 31.5 Å². The Hall–Kier alpha value is -1.29. The summed E-state index contributed by atoms with van der Waals surface area (Å²) in [5.74, 6) is 0. The normalized spacial score (nSPS) is 18.0. The summed E-state index contributed by atoms with van der Waals surface area (Å²) in [6.07, 6.45) is -0.361. The third-order valence-electron chi connectivity index (χ3n) is 2.98. The molecule has 4 heteroatoms. The van der Waals surface area contributed by atoms with Crippen molar-refractivity contribution in [1.82, 2.24) is 0 Å². The molecule has 0 fully saturated rings. The first kappa shape index (κ1) is 12.2. The van der Waals surface area contributed by atoms with E-state index in [2.05, 4.69) is 0 Å². The zero-order valence-electron chi connectivity index (χ0n) is 9.17. The molecule has 0 saturated heterocycles. The molecule has 17 heavy (non-hydrogen) atoms. The highest BCUT2D eigenvalue weighted by Gasteiger charge is 2.30. The quantitative estimate of drug-likeness (QED) is 0.781. The molecule has 92 valence electrons. The number of aliphatic hydroxyl groups is 1. The van der Waals surface area contributed by atoms with Crippen molar-refractivity contribution in [3.05, 3.63) is 47.0 Å². The van der Waals surface area contributed by atoms with E-state index in [4.69, 9.17) is 0 Å². The largest absolute Gasteiger partial charge is 0.416 e. The Morgan fingerprint density at radius 2 is 1.76 bits per heavy atom. The highest BCUT2D eigenvalue weighted by Crippen LogP contribution is 2.33. The molecule has 1 aromatic rings. The molecule has 1 N–H and O–H groups in total. The van der Waals surface area contributed by atoms with Crippen molar-refractivity contribution in [1.29, 1.82) is 0 Å². The van der Waals surface area contributed by atoms with Crippen LogP contribution in [0.3, 0.4) is 0 Å². The summed E-state index contributed by atoms with van der Waals surface area (Å²) in [6.45, 7) is 0. The number of hydrogen-bond acceptors (Lipinski definition) is 1. The Kier molecular flexibility index (Phi) is 3.24. The summed E-state index contributed by atoms with van der Waals surface area (Å²) >= 11 is 0. The second-order valence-corrected chi connectivity index (χ2v) is 4.19. The fraction of sp³-hybridized carbons (Fsp3) is 0.385. The summed E-state index contributed by atoms with van der Waals surface area (Å²) in [5, 5.41) is 9.96. The van der Waals surface area contributed by atoms with E-state index >= 15 is 0 Å². The van der Waals surface area contributed by atoms with Gasteiger partial charge in [-0.15, -0.1) is 0 Å². The number of alkyl halides is 3. The highest BCUT2D eigenvalue weighted by atomic mass is 19.4. The fourth-order valence-electron chi connectivity index (χ4n) is 2.01. The first-order chi connectivity index (χ1) is 7.98. The van der Waals surface area contributed by atoms with Gasteiger partial charge in [0.05, 0.1) is 5.56 Å². The fourth-order valence-corrected chi connectivity index (χ4v) is 2.01. The maximum Gasteiger partial charge on any atom is 0.416 e. The van der Waals surface area contributed by atoms with Gasteiger partial charge < -0.3 is 5.11 Å². The smallest absolute Gasteiger partial charge is 0.384 e. The molecule has 1 aliphatic rings. The molecular formula is C13H13F3O. The molecule has 1 aliphatic carbocycles. The highest BCUT2D eigenvalue weighted by molar-refractivity contribution is 5.31. The molecule has 0 spiro atoms. The molecule has 2 rings (SSSR count). The molecule has 0 bridgehead atoms. The monoisotopic (exact) mass is 242 g/mol. The number of hydrogen-bond donors (Lipinski definition) is 1. The van der Waals surface area contributed by atoms with Crippen LogP contribution >= 0.6 is 0 Å². The maximum absolute atomic E-state index is 12.3. The van der Waals surface area contributed by atoms with Crippen LogP contribution in [0, 0.1) is 0 Å². The van der Waals surface area contributed by atoms with Gasteiger partial charge in [-0.1, -0.05) is 18.2 Å². The molecular weight excluding hydrogens is 229 g/mol. The molecule has 0 amide bonds. The Morgan fingerprint density at radius 1 is 1.12 bits per heavy atom. The standard InChI is InChI=1S/C13H13F3O/c14-13(15,16)11-7-5-10(6-8-11)12(17)9-3-1-2-4-9/h3,5-8,12,17H,1-2,4H2. The predicted molar refractivity (Wildman–Crippen MR) is 58.3 cm³/mol. The summed E-state index contributed by atoms with van der Waals surface area (Å²) in [4.78, 5) is 0. The van der Waals surface area contributed by atoms with Gasteiger partial charge in [0.1, 0.15) is 6.10 Å². The third-order valence-corrected chi connectivity index (χ3v) is 2.98. The molecule has 0 heterocycles. The van der Waals surface area contributed by atoms with Crippen LogP contribution in [0.5, 0.6) is 0 Å². The topological polar surface area (TPSA) is 20.2 Å². The molecule has 1 atom stereocenters. The van der Waals surface area contributed by atoms with E-state index in [-0.39, 0.29) is 0 Å². The van der Waals surface area contributed by atoms with Gasteiger partial charge in [0.25, 0.3) is 0 Å². The van der Waals surface area contributed by atoms with E-state index in [9.17, 15) is 18.3 Å². The lowest BCUT2D eigenvalue weighted by Gasteiger charge is -2.13. The van der Waals surface area contributed by atoms with Gasteiger partial charge in [0.2, 0.25) is 0 Å². The Labute approximate surface area is 97.6 Å².